The van der Waals surface area contributed by atoms with Crippen LogP contribution in [0.15, 0.2) is 23.1 Å². The molecule has 0 bridgehead atoms. The molecule has 1 amide bonds. The molecule has 1 aliphatic carbocycles. The number of carbonyl (C=O) groups is 1. The number of amides is 1. The van der Waals surface area contributed by atoms with E-state index in [1.807, 2.05) is 0 Å². The van der Waals surface area contributed by atoms with Crippen molar-refractivity contribution >= 4 is 15.7 Å². The molecule has 1 aromatic carbocycles. The van der Waals surface area contributed by atoms with E-state index in [4.69, 9.17) is 4.74 Å². The van der Waals surface area contributed by atoms with Crippen LogP contribution >= 0.6 is 0 Å². The van der Waals surface area contributed by atoms with Crippen molar-refractivity contribution in [3.63, 3.8) is 0 Å². The highest BCUT2D eigenvalue weighted by Crippen LogP contribution is 2.35. The number of carbonyl (C=O) groups excluding carboxylic acids is 1. The summed E-state index contributed by atoms with van der Waals surface area (Å²) in [5, 5.41) is 12.5. The van der Waals surface area contributed by atoms with Crippen molar-refractivity contribution in [3.8, 4) is 5.75 Å². The maximum absolute atomic E-state index is 12.4. The first kappa shape index (κ1) is 18.7. The van der Waals surface area contributed by atoms with Crippen molar-refractivity contribution in [2.75, 3.05) is 26.5 Å². The van der Waals surface area contributed by atoms with Gasteiger partial charge in [0.05, 0.1) is 13.7 Å². The standard InChI is InChI=1S/C17H25NO5S/c1-23-14-7-6-13(10-15(14)24(2,21)22)16(20)18-11-17(12-19)8-4-3-5-9-17/h6-7,10,19H,3-5,8-9,11-12H2,1-2H3,(H,18,20). The molecular weight excluding hydrogens is 330 g/mol. The SMILES string of the molecule is COc1ccc(C(=O)NCC2(CO)CCCCC2)cc1S(C)(=O)=O. The first-order valence-electron chi connectivity index (χ1n) is 8.08. The molecular formula is C17H25NO5S. The lowest BCUT2D eigenvalue weighted by Gasteiger charge is -2.35. The monoisotopic (exact) mass is 355 g/mol. The van der Waals surface area contributed by atoms with E-state index in [0.29, 0.717) is 6.54 Å². The summed E-state index contributed by atoms with van der Waals surface area (Å²) >= 11 is 0. The second-order valence-corrected chi connectivity index (χ2v) is 8.52. The fourth-order valence-electron chi connectivity index (χ4n) is 3.17. The van der Waals surface area contributed by atoms with Crippen LogP contribution in [0, 0.1) is 5.41 Å². The number of ether oxygens (including phenoxy) is 1. The zero-order valence-electron chi connectivity index (χ0n) is 14.2. The van der Waals surface area contributed by atoms with Gasteiger partial charge < -0.3 is 15.2 Å². The average molecular weight is 355 g/mol. The fourth-order valence-corrected chi connectivity index (χ4v) is 4.03. The topological polar surface area (TPSA) is 92.7 Å². The lowest BCUT2D eigenvalue weighted by molar-refractivity contribution is 0.0718. The number of sulfone groups is 1. The molecule has 24 heavy (non-hydrogen) atoms. The molecule has 2 N–H and O–H groups in total. The van der Waals surface area contributed by atoms with Crippen molar-refractivity contribution in [2.24, 2.45) is 5.41 Å². The maximum atomic E-state index is 12.4. The Morgan fingerprint density at radius 2 is 1.96 bits per heavy atom. The van der Waals surface area contributed by atoms with Crippen LogP contribution in [0.3, 0.4) is 0 Å². The summed E-state index contributed by atoms with van der Waals surface area (Å²) in [4.78, 5) is 12.4. The van der Waals surface area contributed by atoms with E-state index in [1.54, 1.807) is 0 Å². The number of methoxy groups -OCH3 is 1. The van der Waals surface area contributed by atoms with Crippen molar-refractivity contribution in [3.05, 3.63) is 23.8 Å². The smallest absolute Gasteiger partial charge is 0.251 e. The van der Waals surface area contributed by atoms with Gasteiger partial charge in [-0.2, -0.15) is 0 Å². The predicted molar refractivity (Wildman–Crippen MR) is 91.0 cm³/mol. The lowest BCUT2D eigenvalue weighted by Crippen LogP contribution is -2.41. The van der Waals surface area contributed by atoms with E-state index in [2.05, 4.69) is 5.32 Å². The second-order valence-electron chi connectivity index (χ2n) is 6.54. The molecule has 1 fully saturated rings. The molecule has 7 heteroatoms. The number of hydrogen-bond donors (Lipinski definition) is 2. The predicted octanol–water partition coefficient (Wildman–Crippen LogP) is 1.77. The Hall–Kier alpha value is -1.60. The summed E-state index contributed by atoms with van der Waals surface area (Å²) in [5.41, 5.74) is 0.000158. The zero-order valence-corrected chi connectivity index (χ0v) is 15.0. The number of benzene rings is 1. The van der Waals surface area contributed by atoms with Crippen LogP contribution in [-0.4, -0.2) is 45.9 Å². The first-order chi connectivity index (χ1) is 11.3. The Morgan fingerprint density at radius 3 is 2.50 bits per heavy atom. The third-order valence-corrected chi connectivity index (χ3v) is 5.82. The molecule has 0 spiro atoms. The Morgan fingerprint density at radius 1 is 1.29 bits per heavy atom. The van der Waals surface area contributed by atoms with Crippen molar-refractivity contribution in [1.29, 1.82) is 0 Å². The maximum Gasteiger partial charge on any atom is 0.251 e. The summed E-state index contributed by atoms with van der Waals surface area (Å²) in [6, 6.07) is 4.35. The quantitative estimate of drug-likeness (QED) is 0.811. The summed E-state index contributed by atoms with van der Waals surface area (Å²) in [6.45, 7) is 0.438. The van der Waals surface area contributed by atoms with Gasteiger partial charge in [-0.15, -0.1) is 0 Å². The van der Waals surface area contributed by atoms with Crippen LogP contribution in [0.25, 0.3) is 0 Å². The number of nitrogens with one attached hydrogen (secondary N) is 1. The van der Waals surface area contributed by atoms with Gasteiger partial charge in [0, 0.05) is 23.8 Å². The molecule has 1 saturated carbocycles. The molecule has 6 nitrogen and oxygen atoms in total. The van der Waals surface area contributed by atoms with Gasteiger partial charge in [0.1, 0.15) is 10.6 Å². The molecule has 0 heterocycles. The second kappa shape index (κ2) is 7.53. The minimum absolute atomic E-state index is 0.00723. The molecule has 0 aromatic heterocycles. The van der Waals surface area contributed by atoms with Gasteiger partial charge in [0.2, 0.25) is 0 Å². The fraction of sp³-hybridized carbons (Fsp3) is 0.588. The minimum Gasteiger partial charge on any atom is -0.495 e. The highest BCUT2D eigenvalue weighted by atomic mass is 32.2. The van der Waals surface area contributed by atoms with Crippen LogP contribution in [0.2, 0.25) is 0 Å². The first-order valence-corrected chi connectivity index (χ1v) is 9.98. The Kier molecular flexibility index (Phi) is 5.87. The Bertz CT molecular complexity index is 693. The molecule has 0 atom stereocenters. The molecule has 0 unspecified atom stereocenters. The van der Waals surface area contributed by atoms with Crippen LogP contribution in [0.1, 0.15) is 42.5 Å². The molecule has 1 aromatic rings. The average Bonchev–Trinajstić information content (AvgIpc) is 2.59. The number of hydrogen-bond acceptors (Lipinski definition) is 5. The third kappa shape index (κ3) is 4.27. The van der Waals surface area contributed by atoms with Gasteiger partial charge in [-0.1, -0.05) is 19.3 Å². The molecule has 1 aliphatic rings. The molecule has 134 valence electrons. The van der Waals surface area contributed by atoms with E-state index in [9.17, 15) is 18.3 Å². The van der Waals surface area contributed by atoms with Gasteiger partial charge >= 0.3 is 0 Å². The highest BCUT2D eigenvalue weighted by Gasteiger charge is 2.32. The van der Waals surface area contributed by atoms with Gasteiger partial charge in [0.25, 0.3) is 5.91 Å². The normalized spacial score (nSPS) is 17.3. The van der Waals surface area contributed by atoms with Crippen molar-refractivity contribution in [2.45, 2.75) is 37.0 Å². The number of aliphatic hydroxyl groups is 1. The van der Waals surface area contributed by atoms with Gasteiger partial charge in [0.15, 0.2) is 9.84 Å². The molecule has 0 aliphatic heterocycles. The van der Waals surface area contributed by atoms with E-state index in [-0.39, 0.29) is 34.1 Å². The largest absolute Gasteiger partial charge is 0.495 e. The van der Waals surface area contributed by atoms with Gasteiger partial charge in [-0.25, -0.2) is 8.42 Å². The molecule has 0 saturated heterocycles. The highest BCUT2D eigenvalue weighted by molar-refractivity contribution is 7.90. The van der Waals surface area contributed by atoms with Gasteiger partial charge in [-0.05, 0) is 31.0 Å². The number of rotatable bonds is 6. The van der Waals surface area contributed by atoms with E-state index in [0.717, 1.165) is 38.4 Å². The van der Waals surface area contributed by atoms with Crippen molar-refractivity contribution in [1.82, 2.24) is 5.32 Å². The van der Waals surface area contributed by atoms with Crippen LogP contribution in [0.5, 0.6) is 5.75 Å². The minimum atomic E-state index is -3.50. The van der Waals surface area contributed by atoms with E-state index >= 15 is 0 Å². The third-order valence-electron chi connectivity index (χ3n) is 4.70. The molecule has 2 rings (SSSR count). The summed E-state index contributed by atoms with van der Waals surface area (Å²) in [7, 11) is -2.11. The summed E-state index contributed by atoms with van der Waals surface area (Å²) < 4.78 is 28.7. The van der Waals surface area contributed by atoms with E-state index < -0.39 is 9.84 Å². The Labute approximate surface area is 143 Å². The van der Waals surface area contributed by atoms with Crippen LogP contribution in [-0.2, 0) is 9.84 Å². The molecule has 0 radical (unpaired) electrons. The number of aliphatic hydroxyl groups excluding tert-OH is 1. The lowest BCUT2D eigenvalue weighted by atomic mass is 9.74. The Balaban J connectivity index is 2.15. The summed E-state index contributed by atoms with van der Waals surface area (Å²) in [5.74, 6) is -0.130. The van der Waals surface area contributed by atoms with Crippen LogP contribution < -0.4 is 10.1 Å². The zero-order chi connectivity index (χ0) is 17.8. The van der Waals surface area contributed by atoms with Crippen molar-refractivity contribution < 1.29 is 23.1 Å². The van der Waals surface area contributed by atoms with Gasteiger partial charge in [-0.3, -0.25) is 4.79 Å². The van der Waals surface area contributed by atoms with Crippen LogP contribution in [0.4, 0.5) is 0 Å². The van der Waals surface area contributed by atoms with E-state index in [1.165, 1.54) is 25.3 Å². The summed E-state index contributed by atoms with van der Waals surface area (Å²) in [6.07, 6.45) is 6.12.